The molecule has 10 nitrogen and oxygen atoms in total. The average Bonchev–Trinajstić information content (AvgIpc) is 3.41. The molecule has 0 N–H and O–H groups in total. The Labute approximate surface area is 189 Å². The topological polar surface area (TPSA) is 139 Å². The summed E-state index contributed by atoms with van der Waals surface area (Å²) in [6, 6.07) is 7.71. The second-order valence-corrected chi connectivity index (χ2v) is 9.37. The number of carbonyl (C=O) groups is 2. The quantitative estimate of drug-likeness (QED) is 0.301. The normalized spacial score (nSPS) is 15.8. The van der Waals surface area contributed by atoms with Crippen molar-refractivity contribution >= 4 is 27.5 Å². The van der Waals surface area contributed by atoms with Crippen molar-refractivity contribution in [3.8, 4) is 0 Å². The molecule has 0 amide bonds. The van der Waals surface area contributed by atoms with E-state index in [9.17, 15) is 28.1 Å². The number of carbonyl (C=O) groups excluding carboxylic acids is 2. The predicted octanol–water partition coefficient (Wildman–Crippen LogP) is 3.62. The number of ketones is 1. The number of fused-ring (bicyclic) bond motifs is 1. The summed E-state index contributed by atoms with van der Waals surface area (Å²) >= 11 is 0. The van der Waals surface area contributed by atoms with Crippen LogP contribution in [0.5, 0.6) is 0 Å². The van der Waals surface area contributed by atoms with E-state index in [1.54, 1.807) is 19.1 Å². The van der Waals surface area contributed by atoms with Crippen LogP contribution in [-0.4, -0.2) is 35.7 Å². The van der Waals surface area contributed by atoms with E-state index in [0.717, 1.165) is 28.2 Å². The molecule has 4 rings (SSSR count). The number of benzene rings is 1. The number of nitro groups is 1. The summed E-state index contributed by atoms with van der Waals surface area (Å²) in [5.41, 5.74) is 0.0155. The first-order chi connectivity index (χ1) is 15.7. The van der Waals surface area contributed by atoms with Gasteiger partial charge in [-0.05, 0) is 50.1 Å². The van der Waals surface area contributed by atoms with Crippen LogP contribution >= 0.6 is 0 Å². The fraction of sp³-hybridized carbons (Fsp3) is 0.273. The number of furan rings is 1. The molecule has 3 aromatic rings. The molecule has 0 fully saturated rings. The van der Waals surface area contributed by atoms with Crippen molar-refractivity contribution in [1.29, 1.82) is 0 Å². The smallest absolute Gasteiger partial charge is 0.356 e. The van der Waals surface area contributed by atoms with E-state index in [4.69, 9.17) is 9.15 Å². The van der Waals surface area contributed by atoms with Gasteiger partial charge in [-0.1, -0.05) is 0 Å². The summed E-state index contributed by atoms with van der Waals surface area (Å²) in [5, 5.41) is 11.0. The van der Waals surface area contributed by atoms with Crippen LogP contribution in [0.4, 0.5) is 5.69 Å². The van der Waals surface area contributed by atoms with Crippen LogP contribution in [0.3, 0.4) is 0 Å². The molecular formula is C22H20N2O8S. The number of non-ortho nitro benzene ring substituents is 1. The molecule has 0 saturated carbocycles. The Bertz CT molecular complexity index is 1350. The third-order valence-corrected chi connectivity index (χ3v) is 7.37. The summed E-state index contributed by atoms with van der Waals surface area (Å²) < 4.78 is 38.7. The van der Waals surface area contributed by atoms with Crippen molar-refractivity contribution in [2.24, 2.45) is 0 Å². The number of nitrogens with zero attached hydrogens (tertiary/aromatic N) is 2. The Morgan fingerprint density at radius 1 is 1.24 bits per heavy atom. The average molecular weight is 472 g/mol. The lowest BCUT2D eigenvalue weighted by Crippen LogP contribution is -2.25. The molecule has 2 heterocycles. The largest absolute Gasteiger partial charge is 0.469 e. The molecular weight excluding hydrogens is 452 g/mol. The van der Waals surface area contributed by atoms with Gasteiger partial charge in [0, 0.05) is 35.7 Å². The van der Waals surface area contributed by atoms with Crippen LogP contribution in [0.1, 0.15) is 57.1 Å². The van der Waals surface area contributed by atoms with Crippen molar-refractivity contribution in [2.45, 2.75) is 37.5 Å². The fourth-order valence-corrected chi connectivity index (χ4v) is 5.78. The van der Waals surface area contributed by atoms with Crippen molar-refractivity contribution in [3.05, 3.63) is 81.1 Å². The van der Waals surface area contributed by atoms with E-state index >= 15 is 0 Å². The van der Waals surface area contributed by atoms with Crippen LogP contribution in [0.2, 0.25) is 0 Å². The van der Waals surface area contributed by atoms with Gasteiger partial charge in [-0.3, -0.25) is 14.9 Å². The SMILES string of the molecule is CCOC(=O)c1c(C)c2c(n1S(=O)(=O)c1ccc([N+](=O)[O-])cc1)CC(c1ccco1)CC2=O. The van der Waals surface area contributed by atoms with E-state index in [2.05, 4.69) is 0 Å². The maximum absolute atomic E-state index is 13.7. The van der Waals surface area contributed by atoms with Gasteiger partial charge in [0.15, 0.2) is 5.78 Å². The lowest BCUT2D eigenvalue weighted by molar-refractivity contribution is -0.384. The predicted molar refractivity (Wildman–Crippen MR) is 115 cm³/mol. The molecule has 1 atom stereocenters. The molecule has 172 valence electrons. The molecule has 0 aliphatic heterocycles. The molecule has 0 spiro atoms. The van der Waals surface area contributed by atoms with Gasteiger partial charge in [0.05, 0.1) is 22.7 Å². The van der Waals surface area contributed by atoms with Gasteiger partial charge < -0.3 is 9.15 Å². The van der Waals surface area contributed by atoms with Gasteiger partial charge in [0.2, 0.25) is 0 Å². The van der Waals surface area contributed by atoms with Crippen molar-refractivity contribution < 1.29 is 32.1 Å². The molecule has 11 heteroatoms. The minimum atomic E-state index is -4.40. The monoisotopic (exact) mass is 472 g/mol. The highest BCUT2D eigenvalue weighted by atomic mass is 32.2. The van der Waals surface area contributed by atoms with Crippen LogP contribution in [0, 0.1) is 17.0 Å². The second-order valence-electron chi connectivity index (χ2n) is 7.58. The zero-order valence-corrected chi connectivity index (χ0v) is 18.6. The molecule has 0 saturated heterocycles. The summed E-state index contributed by atoms with van der Waals surface area (Å²) in [4.78, 5) is 35.9. The number of rotatable bonds is 6. The number of esters is 1. The van der Waals surface area contributed by atoms with Crippen LogP contribution in [-0.2, 0) is 21.2 Å². The second kappa shape index (κ2) is 8.32. The third-order valence-electron chi connectivity index (χ3n) is 5.62. The summed E-state index contributed by atoms with van der Waals surface area (Å²) in [7, 11) is -4.40. The molecule has 1 aliphatic rings. The van der Waals surface area contributed by atoms with Gasteiger partial charge in [-0.25, -0.2) is 17.2 Å². The van der Waals surface area contributed by atoms with E-state index in [1.165, 1.54) is 13.2 Å². The minimum absolute atomic E-state index is 0.00860. The number of nitro benzene ring substituents is 1. The highest BCUT2D eigenvalue weighted by molar-refractivity contribution is 7.90. The van der Waals surface area contributed by atoms with Gasteiger partial charge in [0.25, 0.3) is 15.7 Å². The number of Topliss-reactive ketones (excluding diaryl/α,β-unsaturated/α-hetero) is 1. The van der Waals surface area contributed by atoms with Crippen LogP contribution < -0.4 is 0 Å². The Balaban J connectivity index is 1.94. The molecule has 1 aliphatic carbocycles. The molecule has 0 radical (unpaired) electrons. The van der Waals surface area contributed by atoms with Crippen LogP contribution in [0.25, 0.3) is 0 Å². The first-order valence-corrected chi connectivity index (χ1v) is 11.6. The first-order valence-electron chi connectivity index (χ1n) is 10.1. The van der Waals surface area contributed by atoms with E-state index < -0.39 is 26.8 Å². The zero-order valence-electron chi connectivity index (χ0n) is 17.8. The molecule has 2 aromatic heterocycles. The highest BCUT2D eigenvalue weighted by Gasteiger charge is 2.40. The lowest BCUT2D eigenvalue weighted by Gasteiger charge is -2.22. The summed E-state index contributed by atoms with van der Waals surface area (Å²) in [5.74, 6) is -1.06. The van der Waals surface area contributed by atoms with Gasteiger partial charge in [-0.15, -0.1) is 0 Å². The van der Waals surface area contributed by atoms with E-state index in [0.29, 0.717) is 5.76 Å². The summed E-state index contributed by atoms with van der Waals surface area (Å²) in [6.07, 6.45) is 1.71. The Morgan fingerprint density at radius 2 is 1.94 bits per heavy atom. The fourth-order valence-electron chi connectivity index (χ4n) is 4.18. The number of aromatic nitrogens is 1. The minimum Gasteiger partial charge on any atom is -0.469 e. The first kappa shape index (κ1) is 22.5. The molecule has 33 heavy (non-hydrogen) atoms. The van der Waals surface area contributed by atoms with Crippen molar-refractivity contribution in [3.63, 3.8) is 0 Å². The van der Waals surface area contributed by atoms with Crippen molar-refractivity contribution in [2.75, 3.05) is 6.61 Å². The number of hydrogen-bond donors (Lipinski definition) is 0. The zero-order chi connectivity index (χ0) is 23.9. The highest BCUT2D eigenvalue weighted by Crippen LogP contribution is 2.39. The van der Waals surface area contributed by atoms with Gasteiger partial charge in [-0.2, -0.15) is 0 Å². The molecule has 1 unspecified atom stereocenters. The molecule has 1 aromatic carbocycles. The van der Waals surface area contributed by atoms with Gasteiger partial charge in [0.1, 0.15) is 11.5 Å². The maximum Gasteiger partial charge on any atom is 0.356 e. The lowest BCUT2D eigenvalue weighted by atomic mass is 9.84. The van der Waals surface area contributed by atoms with Crippen LogP contribution in [0.15, 0.2) is 52.0 Å². The third kappa shape index (κ3) is 3.74. The van der Waals surface area contributed by atoms with Gasteiger partial charge >= 0.3 is 5.97 Å². The maximum atomic E-state index is 13.7. The van der Waals surface area contributed by atoms with E-state index in [-0.39, 0.29) is 58.3 Å². The number of ether oxygens (including phenoxy) is 1. The van der Waals surface area contributed by atoms with E-state index in [1.807, 2.05) is 0 Å². The molecule has 0 bridgehead atoms. The standard InChI is InChI=1S/C22H20N2O8S/c1-3-31-22(26)21-13(2)20-17(11-14(12-18(20)25)19-5-4-10-32-19)23(21)33(29,30)16-8-6-15(7-9-16)24(27)28/h4-10,14H,3,11-12H2,1-2H3. The number of hydrogen-bond acceptors (Lipinski definition) is 8. The van der Waals surface area contributed by atoms with Crippen molar-refractivity contribution in [1.82, 2.24) is 3.97 Å². The Hall–Kier alpha value is -3.73. The Morgan fingerprint density at radius 3 is 2.52 bits per heavy atom. The Kier molecular flexibility index (Phi) is 5.66. The summed E-state index contributed by atoms with van der Waals surface area (Å²) in [6.45, 7) is 3.11.